The third-order valence-electron chi connectivity index (χ3n) is 6.34. The molecule has 5 rings (SSSR count). The summed E-state index contributed by atoms with van der Waals surface area (Å²) in [4.78, 5) is 31.9. The Hall–Kier alpha value is -4.59. The van der Waals surface area contributed by atoms with Gasteiger partial charge >= 0.3 is 5.97 Å². The van der Waals surface area contributed by atoms with Crippen molar-refractivity contribution in [2.24, 2.45) is 0 Å². The van der Waals surface area contributed by atoms with Crippen molar-refractivity contribution in [2.75, 3.05) is 27.4 Å². The number of esters is 1. The highest BCUT2D eigenvalue weighted by Crippen LogP contribution is 2.33. The number of rotatable bonds is 7. The maximum absolute atomic E-state index is 13.0. The van der Waals surface area contributed by atoms with Crippen molar-refractivity contribution >= 4 is 11.9 Å². The second-order valence-electron chi connectivity index (χ2n) is 8.56. The van der Waals surface area contributed by atoms with Crippen molar-refractivity contribution in [1.82, 2.24) is 9.88 Å². The van der Waals surface area contributed by atoms with E-state index in [2.05, 4.69) is 4.98 Å². The summed E-state index contributed by atoms with van der Waals surface area (Å²) in [5, 5.41) is 0. The van der Waals surface area contributed by atoms with Crippen LogP contribution in [0.15, 0.2) is 77.3 Å². The number of oxazole rings is 1. The van der Waals surface area contributed by atoms with Gasteiger partial charge in [-0.05, 0) is 41.8 Å². The smallest absolute Gasteiger partial charge is 0.339 e. The summed E-state index contributed by atoms with van der Waals surface area (Å²) in [7, 11) is 3.17. The second kappa shape index (κ2) is 10.6. The number of carbonyl (C=O) groups excluding carboxylic acids is 2. The van der Waals surface area contributed by atoms with Crippen LogP contribution in [0.4, 0.5) is 0 Å². The lowest BCUT2D eigenvalue weighted by atomic mass is 9.99. The summed E-state index contributed by atoms with van der Waals surface area (Å²) >= 11 is 0. The van der Waals surface area contributed by atoms with Crippen LogP contribution in [0, 0.1) is 0 Å². The van der Waals surface area contributed by atoms with Crippen molar-refractivity contribution in [3.8, 4) is 34.3 Å². The summed E-state index contributed by atoms with van der Waals surface area (Å²) in [5.74, 6) is 1.28. The molecule has 2 heterocycles. The van der Waals surface area contributed by atoms with Crippen molar-refractivity contribution in [3.63, 3.8) is 0 Å². The monoisotopic (exact) mass is 498 g/mol. The molecule has 1 amide bonds. The number of fused-ring (bicyclic) bond motifs is 1. The fourth-order valence-electron chi connectivity index (χ4n) is 4.37. The molecule has 0 atom stereocenters. The van der Waals surface area contributed by atoms with Gasteiger partial charge in [0.05, 0.1) is 31.5 Å². The predicted molar refractivity (Wildman–Crippen MR) is 136 cm³/mol. The van der Waals surface area contributed by atoms with Gasteiger partial charge in [0.15, 0.2) is 23.9 Å². The van der Waals surface area contributed by atoms with E-state index in [0.717, 1.165) is 16.7 Å². The van der Waals surface area contributed by atoms with E-state index in [1.54, 1.807) is 49.6 Å². The van der Waals surface area contributed by atoms with Crippen LogP contribution in [0.2, 0.25) is 0 Å². The number of methoxy groups -OCH3 is 2. The highest BCUT2D eigenvalue weighted by atomic mass is 16.5. The minimum atomic E-state index is -0.618. The number of ether oxygens (including phenoxy) is 3. The third kappa shape index (κ3) is 5.04. The van der Waals surface area contributed by atoms with E-state index < -0.39 is 5.97 Å². The van der Waals surface area contributed by atoms with E-state index in [9.17, 15) is 9.59 Å². The van der Waals surface area contributed by atoms with Crippen LogP contribution in [-0.4, -0.2) is 49.1 Å². The lowest BCUT2D eigenvalue weighted by Crippen LogP contribution is -2.38. The van der Waals surface area contributed by atoms with Crippen LogP contribution in [-0.2, 0) is 22.5 Å². The van der Waals surface area contributed by atoms with E-state index in [-0.39, 0.29) is 18.1 Å². The molecule has 1 aromatic heterocycles. The van der Waals surface area contributed by atoms with Gasteiger partial charge in [0.25, 0.3) is 5.91 Å². The number of amides is 1. The largest absolute Gasteiger partial charge is 0.493 e. The number of nitrogens with zero attached hydrogens (tertiary/aromatic N) is 2. The van der Waals surface area contributed by atoms with Crippen molar-refractivity contribution < 1.29 is 28.2 Å². The fourth-order valence-corrected chi connectivity index (χ4v) is 4.37. The Balaban J connectivity index is 1.26. The average molecular weight is 499 g/mol. The van der Waals surface area contributed by atoms with Crippen LogP contribution in [0.25, 0.3) is 22.8 Å². The number of carbonyl (C=O) groups is 2. The standard InChI is InChI=1S/C29H26N2O6/c1-34-24-14-20-12-13-31(17-21(20)15-25(24)35-2)27(32)18-36-29(33)23-11-7-6-10-22(23)28-30-16-26(37-28)19-8-4-3-5-9-19/h3-11,14-16H,12-13,17-18H2,1-2H3. The van der Waals surface area contributed by atoms with Gasteiger partial charge < -0.3 is 23.5 Å². The van der Waals surface area contributed by atoms with Crippen molar-refractivity contribution in [2.45, 2.75) is 13.0 Å². The van der Waals surface area contributed by atoms with Gasteiger partial charge in [-0.1, -0.05) is 42.5 Å². The minimum Gasteiger partial charge on any atom is -0.493 e. The summed E-state index contributed by atoms with van der Waals surface area (Å²) in [6, 6.07) is 20.3. The zero-order valence-electron chi connectivity index (χ0n) is 20.6. The zero-order chi connectivity index (χ0) is 25.8. The molecule has 1 aliphatic rings. The molecular weight excluding hydrogens is 472 g/mol. The average Bonchev–Trinajstić information content (AvgIpc) is 3.45. The molecule has 0 spiro atoms. The maximum Gasteiger partial charge on any atom is 0.339 e. The quantitative estimate of drug-likeness (QED) is 0.339. The molecule has 0 saturated carbocycles. The van der Waals surface area contributed by atoms with E-state index in [1.807, 2.05) is 42.5 Å². The van der Waals surface area contributed by atoms with Gasteiger partial charge in [-0.25, -0.2) is 9.78 Å². The molecule has 0 N–H and O–H groups in total. The molecule has 37 heavy (non-hydrogen) atoms. The molecule has 8 heteroatoms. The lowest BCUT2D eigenvalue weighted by Gasteiger charge is -2.29. The van der Waals surface area contributed by atoms with Crippen LogP contribution in [0.3, 0.4) is 0 Å². The number of benzene rings is 3. The van der Waals surface area contributed by atoms with E-state index in [0.29, 0.717) is 48.2 Å². The SMILES string of the molecule is COc1cc2c(cc1OC)CN(C(=O)COC(=O)c1ccccc1-c1ncc(-c3ccccc3)o1)CC2. The van der Waals surface area contributed by atoms with Gasteiger partial charge in [-0.2, -0.15) is 0 Å². The Morgan fingerprint density at radius 2 is 1.65 bits per heavy atom. The maximum atomic E-state index is 13.0. The molecule has 0 radical (unpaired) electrons. The van der Waals surface area contributed by atoms with Gasteiger partial charge in [-0.3, -0.25) is 4.79 Å². The van der Waals surface area contributed by atoms with Crippen LogP contribution >= 0.6 is 0 Å². The predicted octanol–water partition coefficient (Wildman–Crippen LogP) is 4.77. The molecular formula is C29H26N2O6. The Kier molecular flexibility index (Phi) is 6.89. The van der Waals surface area contributed by atoms with Crippen LogP contribution in [0.5, 0.6) is 11.5 Å². The number of hydrogen-bond acceptors (Lipinski definition) is 7. The first-order chi connectivity index (χ1) is 18.1. The molecule has 0 fully saturated rings. The molecule has 0 bridgehead atoms. The van der Waals surface area contributed by atoms with Crippen molar-refractivity contribution in [1.29, 1.82) is 0 Å². The van der Waals surface area contributed by atoms with Crippen LogP contribution < -0.4 is 9.47 Å². The second-order valence-corrected chi connectivity index (χ2v) is 8.56. The molecule has 1 aliphatic heterocycles. The van der Waals surface area contributed by atoms with Gasteiger partial charge in [0.2, 0.25) is 5.89 Å². The molecule has 188 valence electrons. The Bertz CT molecular complexity index is 1430. The summed E-state index contributed by atoms with van der Waals surface area (Å²) in [6.45, 7) is 0.561. The molecule has 8 nitrogen and oxygen atoms in total. The molecule has 0 aliphatic carbocycles. The number of aromatic nitrogens is 1. The van der Waals surface area contributed by atoms with Crippen LogP contribution in [0.1, 0.15) is 21.5 Å². The highest BCUT2D eigenvalue weighted by molar-refractivity contribution is 5.97. The first kappa shape index (κ1) is 24.1. The summed E-state index contributed by atoms with van der Waals surface area (Å²) < 4.78 is 22.1. The van der Waals surface area contributed by atoms with E-state index >= 15 is 0 Å². The van der Waals surface area contributed by atoms with Gasteiger partial charge in [0, 0.05) is 18.7 Å². The van der Waals surface area contributed by atoms with Gasteiger partial charge in [0.1, 0.15) is 0 Å². The zero-order valence-corrected chi connectivity index (χ0v) is 20.6. The Morgan fingerprint density at radius 1 is 0.946 bits per heavy atom. The first-order valence-corrected chi connectivity index (χ1v) is 11.9. The molecule has 0 saturated heterocycles. The summed E-state index contributed by atoms with van der Waals surface area (Å²) in [6.07, 6.45) is 2.29. The topological polar surface area (TPSA) is 91.1 Å². The molecule has 0 unspecified atom stereocenters. The highest BCUT2D eigenvalue weighted by Gasteiger charge is 2.25. The fraction of sp³-hybridized carbons (Fsp3) is 0.207. The minimum absolute atomic E-state index is 0.270. The van der Waals surface area contributed by atoms with Crippen molar-refractivity contribution in [3.05, 3.63) is 89.6 Å². The Morgan fingerprint density at radius 3 is 2.41 bits per heavy atom. The normalized spacial score (nSPS) is 12.5. The third-order valence-corrected chi connectivity index (χ3v) is 6.34. The molecule has 4 aromatic rings. The van der Waals surface area contributed by atoms with E-state index in [4.69, 9.17) is 18.6 Å². The first-order valence-electron chi connectivity index (χ1n) is 11.9. The Labute approximate surface area is 214 Å². The lowest BCUT2D eigenvalue weighted by molar-refractivity contribution is -0.135. The number of hydrogen-bond donors (Lipinski definition) is 0. The van der Waals surface area contributed by atoms with Gasteiger partial charge in [-0.15, -0.1) is 0 Å². The summed E-state index contributed by atoms with van der Waals surface area (Å²) in [5.41, 5.74) is 3.74. The van der Waals surface area contributed by atoms with E-state index in [1.165, 1.54) is 0 Å². The molecule has 3 aromatic carbocycles.